The van der Waals surface area contributed by atoms with Crippen molar-refractivity contribution in [1.29, 1.82) is 0 Å². The molecule has 1 atom stereocenters. The number of aliphatic hydroxyl groups excluding tert-OH is 1. The summed E-state index contributed by atoms with van der Waals surface area (Å²) in [6.07, 6.45) is 7.82. The van der Waals surface area contributed by atoms with Crippen molar-refractivity contribution in [1.82, 2.24) is 9.78 Å². The topological polar surface area (TPSA) is 38.0 Å². The third-order valence-electron chi connectivity index (χ3n) is 3.32. The number of aromatic nitrogens is 2. The molecular weight excluding hydrogens is 212 g/mol. The molecule has 3 heteroatoms. The van der Waals surface area contributed by atoms with Crippen LogP contribution in [0, 0.1) is 0 Å². The van der Waals surface area contributed by atoms with Crippen molar-refractivity contribution in [3.8, 4) is 0 Å². The van der Waals surface area contributed by atoms with Crippen LogP contribution in [-0.2, 0) is 6.42 Å². The Kier molecular flexibility index (Phi) is 6.27. The molecular formula is C14H26N2O. The third-order valence-corrected chi connectivity index (χ3v) is 3.32. The van der Waals surface area contributed by atoms with Gasteiger partial charge in [0.2, 0.25) is 0 Å². The molecule has 0 saturated carbocycles. The van der Waals surface area contributed by atoms with Crippen molar-refractivity contribution in [2.45, 2.75) is 71.4 Å². The van der Waals surface area contributed by atoms with Crippen LogP contribution in [0.15, 0.2) is 12.3 Å². The molecule has 98 valence electrons. The molecule has 1 aromatic rings. The molecule has 1 aromatic heterocycles. The van der Waals surface area contributed by atoms with E-state index in [-0.39, 0.29) is 6.10 Å². The molecule has 0 aliphatic heterocycles. The summed E-state index contributed by atoms with van der Waals surface area (Å²) in [6, 6.07) is 2.53. The number of aliphatic hydroxyl groups is 1. The molecule has 0 bridgehead atoms. The SMILES string of the molecule is CCCCC(O)Cc1ccn(C(CC)CC)n1. The highest BCUT2D eigenvalue weighted by molar-refractivity contribution is 5.01. The molecule has 1 N–H and O–H groups in total. The molecule has 1 unspecified atom stereocenters. The third kappa shape index (κ3) is 4.50. The van der Waals surface area contributed by atoms with Gasteiger partial charge in [-0.1, -0.05) is 33.6 Å². The second-order valence-electron chi connectivity index (χ2n) is 4.76. The highest BCUT2D eigenvalue weighted by Crippen LogP contribution is 2.15. The molecule has 0 aliphatic carbocycles. The second kappa shape index (κ2) is 7.49. The van der Waals surface area contributed by atoms with E-state index >= 15 is 0 Å². The van der Waals surface area contributed by atoms with Crippen LogP contribution in [0.5, 0.6) is 0 Å². The quantitative estimate of drug-likeness (QED) is 0.754. The van der Waals surface area contributed by atoms with Gasteiger partial charge in [0.15, 0.2) is 0 Å². The Labute approximate surface area is 105 Å². The largest absolute Gasteiger partial charge is 0.393 e. The average molecular weight is 238 g/mol. The summed E-state index contributed by atoms with van der Waals surface area (Å²) >= 11 is 0. The van der Waals surface area contributed by atoms with Crippen LogP contribution in [-0.4, -0.2) is 21.0 Å². The first kappa shape index (κ1) is 14.2. The summed E-state index contributed by atoms with van der Waals surface area (Å²) in [5, 5.41) is 14.4. The van der Waals surface area contributed by atoms with E-state index in [0.717, 1.165) is 37.8 Å². The Hall–Kier alpha value is -0.830. The van der Waals surface area contributed by atoms with E-state index < -0.39 is 0 Å². The minimum absolute atomic E-state index is 0.236. The van der Waals surface area contributed by atoms with Crippen LogP contribution < -0.4 is 0 Å². The van der Waals surface area contributed by atoms with Gasteiger partial charge in [-0.15, -0.1) is 0 Å². The zero-order valence-electron chi connectivity index (χ0n) is 11.4. The van der Waals surface area contributed by atoms with Crippen molar-refractivity contribution in [3.05, 3.63) is 18.0 Å². The van der Waals surface area contributed by atoms with Crippen LogP contribution in [0.2, 0.25) is 0 Å². The van der Waals surface area contributed by atoms with Crippen molar-refractivity contribution in [3.63, 3.8) is 0 Å². The fourth-order valence-electron chi connectivity index (χ4n) is 2.14. The van der Waals surface area contributed by atoms with E-state index in [1.807, 2.05) is 16.9 Å². The first-order chi connectivity index (χ1) is 8.21. The molecule has 0 aliphatic rings. The Balaban J connectivity index is 2.50. The van der Waals surface area contributed by atoms with Gasteiger partial charge in [-0.05, 0) is 25.3 Å². The molecule has 0 saturated heterocycles. The van der Waals surface area contributed by atoms with Gasteiger partial charge < -0.3 is 5.11 Å². The lowest BCUT2D eigenvalue weighted by Gasteiger charge is -2.12. The molecule has 1 heterocycles. The lowest BCUT2D eigenvalue weighted by Crippen LogP contribution is -2.12. The van der Waals surface area contributed by atoms with E-state index in [1.54, 1.807) is 0 Å². The monoisotopic (exact) mass is 238 g/mol. The summed E-state index contributed by atoms with van der Waals surface area (Å²) < 4.78 is 2.04. The predicted octanol–water partition coefficient (Wildman–Crippen LogP) is 3.34. The van der Waals surface area contributed by atoms with Crippen molar-refractivity contribution >= 4 is 0 Å². The molecule has 0 spiro atoms. The van der Waals surface area contributed by atoms with Crippen LogP contribution in [0.4, 0.5) is 0 Å². The summed E-state index contributed by atoms with van der Waals surface area (Å²) in [5.74, 6) is 0. The number of nitrogens with zero attached hydrogens (tertiary/aromatic N) is 2. The molecule has 0 fully saturated rings. The van der Waals surface area contributed by atoms with Gasteiger partial charge in [0.05, 0.1) is 17.8 Å². The maximum atomic E-state index is 9.85. The second-order valence-corrected chi connectivity index (χ2v) is 4.76. The van der Waals surface area contributed by atoms with Crippen LogP contribution in [0.3, 0.4) is 0 Å². The maximum Gasteiger partial charge on any atom is 0.0650 e. The van der Waals surface area contributed by atoms with E-state index in [4.69, 9.17) is 0 Å². The number of hydrogen-bond donors (Lipinski definition) is 1. The fourth-order valence-corrected chi connectivity index (χ4v) is 2.14. The van der Waals surface area contributed by atoms with Gasteiger partial charge in [-0.25, -0.2) is 0 Å². The number of rotatable bonds is 8. The smallest absolute Gasteiger partial charge is 0.0650 e. The van der Waals surface area contributed by atoms with E-state index in [9.17, 15) is 5.11 Å². The Morgan fingerprint density at radius 1 is 1.29 bits per heavy atom. The lowest BCUT2D eigenvalue weighted by atomic mass is 10.1. The summed E-state index contributed by atoms with van der Waals surface area (Å²) in [5.41, 5.74) is 1.01. The Morgan fingerprint density at radius 2 is 2.00 bits per heavy atom. The Morgan fingerprint density at radius 3 is 2.59 bits per heavy atom. The molecule has 1 rings (SSSR count). The van der Waals surface area contributed by atoms with Crippen LogP contribution >= 0.6 is 0 Å². The minimum atomic E-state index is -0.236. The fraction of sp³-hybridized carbons (Fsp3) is 0.786. The number of unbranched alkanes of at least 4 members (excludes halogenated alkanes) is 1. The summed E-state index contributed by atoms with van der Waals surface area (Å²) in [6.45, 7) is 6.52. The zero-order valence-corrected chi connectivity index (χ0v) is 11.4. The molecule has 17 heavy (non-hydrogen) atoms. The van der Waals surface area contributed by atoms with Gasteiger partial charge in [0, 0.05) is 12.6 Å². The van der Waals surface area contributed by atoms with Crippen molar-refractivity contribution in [2.75, 3.05) is 0 Å². The van der Waals surface area contributed by atoms with Crippen molar-refractivity contribution in [2.24, 2.45) is 0 Å². The zero-order chi connectivity index (χ0) is 12.7. The predicted molar refractivity (Wildman–Crippen MR) is 71.1 cm³/mol. The summed E-state index contributed by atoms with van der Waals surface area (Å²) in [7, 11) is 0. The van der Waals surface area contributed by atoms with Gasteiger partial charge in [-0.3, -0.25) is 4.68 Å². The Bertz CT molecular complexity index is 305. The first-order valence-corrected chi connectivity index (χ1v) is 6.93. The van der Waals surface area contributed by atoms with Crippen LogP contribution in [0.1, 0.15) is 64.6 Å². The first-order valence-electron chi connectivity index (χ1n) is 6.93. The molecule has 0 amide bonds. The van der Waals surface area contributed by atoms with E-state index in [0.29, 0.717) is 12.5 Å². The van der Waals surface area contributed by atoms with Gasteiger partial charge in [0.1, 0.15) is 0 Å². The van der Waals surface area contributed by atoms with Gasteiger partial charge in [0.25, 0.3) is 0 Å². The van der Waals surface area contributed by atoms with Crippen LogP contribution in [0.25, 0.3) is 0 Å². The average Bonchev–Trinajstić information content (AvgIpc) is 2.76. The molecule has 3 nitrogen and oxygen atoms in total. The highest BCUT2D eigenvalue weighted by Gasteiger charge is 2.10. The van der Waals surface area contributed by atoms with Gasteiger partial charge in [-0.2, -0.15) is 5.10 Å². The van der Waals surface area contributed by atoms with Gasteiger partial charge >= 0.3 is 0 Å². The summed E-state index contributed by atoms with van der Waals surface area (Å²) in [4.78, 5) is 0. The minimum Gasteiger partial charge on any atom is -0.393 e. The lowest BCUT2D eigenvalue weighted by molar-refractivity contribution is 0.160. The molecule has 0 radical (unpaired) electrons. The van der Waals surface area contributed by atoms with Crippen molar-refractivity contribution < 1.29 is 5.11 Å². The highest BCUT2D eigenvalue weighted by atomic mass is 16.3. The van der Waals surface area contributed by atoms with E-state index in [1.165, 1.54) is 0 Å². The van der Waals surface area contributed by atoms with E-state index in [2.05, 4.69) is 25.9 Å². The number of hydrogen-bond acceptors (Lipinski definition) is 2. The standard InChI is InChI=1S/C14H26N2O/c1-4-7-8-14(17)11-12-9-10-16(15-12)13(5-2)6-3/h9-10,13-14,17H,4-8,11H2,1-3H3. The maximum absolute atomic E-state index is 9.85. The normalized spacial score (nSPS) is 13.2. The molecule has 0 aromatic carbocycles.